The third-order valence-electron chi connectivity index (χ3n) is 2.82. The van der Waals surface area contributed by atoms with Crippen LogP contribution in [0.1, 0.15) is 5.56 Å². The molecule has 1 aliphatic rings. The van der Waals surface area contributed by atoms with Crippen molar-refractivity contribution in [2.24, 2.45) is 0 Å². The van der Waals surface area contributed by atoms with Crippen LogP contribution in [0.25, 0.3) is 0 Å². The summed E-state index contributed by atoms with van der Waals surface area (Å²) in [5.74, 6) is 0.241. The summed E-state index contributed by atoms with van der Waals surface area (Å²) in [5, 5.41) is 3.49. The van der Waals surface area contributed by atoms with E-state index in [0.29, 0.717) is 24.5 Å². The Labute approximate surface area is 101 Å². The molecule has 0 bridgehead atoms. The predicted molar refractivity (Wildman–Crippen MR) is 65.6 cm³/mol. The Balaban J connectivity index is 2.11. The van der Waals surface area contributed by atoms with E-state index in [0.717, 1.165) is 5.56 Å². The average Bonchev–Trinajstić information content (AvgIpc) is 2.24. The monoisotopic (exact) mass is 259 g/mol. The molecule has 88 valence electrons. The topological polar surface area (TPSA) is 46.2 Å². The Bertz CT molecular complexity index is 455. The zero-order valence-electron chi connectivity index (χ0n) is 8.82. The van der Waals surface area contributed by atoms with Crippen molar-refractivity contribution in [2.45, 2.75) is 11.7 Å². The fourth-order valence-corrected chi connectivity index (χ4v) is 3.56. The summed E-state index contributed by atoms with van der Waals surface area (Å²) in [7, 11) is -2.93. The summed E-state index contributed by atoms with van der Waals surface area (Å²) >= 11 is 5.78. The third kappa shape index (κ3) is 2.75. The molecule has 1 fully saturated rings. The fraction of sp³-hybridized carbons (Fsp3) is 0.455. The number of rotatable bonds is 2. The van der Waals surface area contributed by atoms with E-state index in [1.807, 2.05) is 12.1 Å². The molecule has 0 saturated carbocycles. The summed E-state index contributed by atoms with van der Waals surface area (Å²) in [6.07, 6.45) is 0.562. The van der Waals surface area contributed by atoms with Gasteiger partial charge in [-0.3, -0.25) is 0 Å². The van der Waals surface area contributed by atoms with Crippen LogP contribution in [-0.2, 0) is 16.3 Å². The highest BCUT2D eigenvalue weighted by Crippen LogP contribution is 2.15. The summed E-state index contributed by atoms with van der Waals surface area (Å²) in [5.41, 5.74) is 1.02. The van der Waals surface area contributed by atoms with Crippen molar-refractivity contribution in [3.8, 4) is 0 Å². The van der Waals surface area contributed by atoms with Gasteiger partial charge in [0, 0.05) is 18.1 Å². The van der Waals surface area contributed by atoms with Crippen LogP contribution in [0, 0.1) is 0 Å². The van der Waals surface area contributed by atoms with Crippen LogP contribution in [0.4, 0.5) is 0 Å². The number of halogens is 1. The van der Waals surface area contributed by atoms with E-state index in [1.165, 1.54) is 0 Å². The molecule has 1 aliphatic heterocycles. The number of benzene rings is 1. The summed E-state index contributed by atoms with van der Waals surface area (Å²) in [6, 6.07) is 7.35. The first-order valence-corrected chi connectivity index (χ1v) is 7.34. The first-order chi connectivity index (χ1) is 7.58. The Hall–Kier alpha value is -0.580. The van der Waals surface area contributed by atoms with Crippen molar-refractivity contribution in [3.05, 3.63) is 34.9 Å². The minimum absolute atomic E-state index is 0.241. The number of sulfone groups is 1. The first-order valence-electron chi connectivity index (χ1n) is 5.25. The maximum absolute atomic E-state index is 11.8. The Morgan fingerprint density at radius 3 is 2.62 bits per heavy atom. The Kier molecular flexibility index (Phi) is 3.52. The lowest BCUT2D eigenvalue weighted by Gasteiger charge is -2.23. The van der Waals surface area contributed by atoms with E-state index in [4.69, 9.17) is 11.6 Å². The Morgan fingerprint density at radius 1 is 1.31 bits per heavy atom. The minimum atomic E-state index is -2.93. The zero-order chi connectivity index (χ0) is 11.6. The molecule has 0 aromatic heterocycles. The molecule has 1 aromatic rings. The van der Waals surface area contributed by atoms with Gasteiger partial charge in [-0.1, -0.05) is 23.7 Å². The summed E-state index contributed by atoms with van der Waals surface area (Å²) < 4.78 is 23.6. The van der Waals surface area contributed by atoms with Gasteiger partial charge in [-0.25, -0.2) is 8.42 Å². The quantitative estimate of drug-likeness (QED) is 0.870. The molecule has 0 aliphatic carbocycles. The highest BCUT2D eigenvalue weighted by Gasteiger charge is 2.28. The van der Waals surface area contributed by atoms with Crippen LogP contribution >= 0.6 is 11.6 Å². The molecular formula is C11H14ClNO2S. The van der Waals surface area contributed by atoms with E-state index in [-0.39, 0.29) is 11.0 Å². The second-order valence-electron chi connectivity index (χ2n) is 4.02. The smallest absolute Gasteiger partial charge is 0.155 e. The normalized spacial score (nSPS) is 24.2. The molecule has 1 aromatic carbocycles. The van der Waals surface area contributed by atoms with Crippen molar-refractivity contribution < 1.29 is 8.42 Å². The first kappa shape index (κ1) is 11.9. The molecule has 2 rings (SSSR count). The van der Waals surface area contributed by atoms with Crippen molar-refractivity contribution in [1.82, 2.24) is 5.32 Å². The molecule has 1 atom stereocenters. The SMILES string of the molecule is O=S1(=O)CCNCC1Cc1ccc(Cl)cc1. The second kappa shape index (κ2) is 4.73. The number of hydrogen-bond donors (Lipinski definition) is 1. The highest BCUT2D eigenvalue weighted by molar-refractivity contribution is 7.92. The van der Waals surface area contributed by atoms with Gasteiger partial charge < -0.3 is 5.32 Å². The molecular weight excluding hydrogens is 246 g/mol. The Morgan fingerprint density at radius 2 is 2.00 bits per heavy atom. The molecule has 1 unspecified atom stereocenters. The van der Waals surface area contributed by atoms with Crippen molar-refractivity contribution in [1.29, 1.82) is 0 Å². The van der Waals surface area contributed by atoms with Crippen molar-refractivity contribution in [3.63, 3.8) is 0 Å². The zero-order valence-corrected chi connectivity index (χ0v) is 10.4. The van der Waals surface area contributed by atoms with Crippen LogP contribution in [0.15, 0.2) is 24.3 Å². The maximum atomic E-state index is 11.8. The summed E-state index contributed by atoms with van der Waals surface area (Å²) in [6.45, 7) is 1.12. The molecule has 1 saturated heterocycles. The van der Waals surface area contributed by atoms with Gasteiger partial charge >= 0.3 is 0 Å². The molecule has 16 heavy (non-hydrogen) atoms. The minimum Gasteiger partial charge on any atom is -0.314 e. The van der Waals surface area contributed by atoms with Gasteiger partial charge in [0.05, 0.1) is 11.0 Å². The van der Waals surface area contributed by atoms with Gasteiger partial charge in [0.2, 0.25) is 0 Å². The van der Waals surface area contributed by atoms with Gasteiger partial charge in [0.25, 0.3) is 0 Å². The van der Waals surface area contributed by atoms with Crippen LogP contribution in [0.5, 0.6) is 0 Å². The van der Waals surface area contributed by atoms with E-state index in [1.54, 1.807) is 12.1 Å². The number of hydrogen-bond acceptors (Lipinski definition) is 3. The van der Waals surface area contributed by atoms with Gasteiger partial charge in [0.15, 0.2) is 9.84 Å². The van der Waals surface area contributed by atoms with Gasteiger partial charge in [0.1, 0.15) is 0 Å². The largest absolute Gasteiger partial charge is 0.314 e. The van der Waals surface area contributed by atoms with E-state index in [9.17, 15) is 8.42 Å². The summed E-state index contributed by atoms with van der Waals surface area (Å²) in [4.78, 5) is 0. The van der Waals surface area contributed by atoms with Gasteiger partial charge in [-0.2, -0.15) is 0 Å². The van der Waals surface area contributed by atoms with Crippen LogP contribution in [0.2, 0.25) is 5.02 Å². The van der Waals surface area contributed by atoms with Crippen molar-refractivity contribution >= 4 is 21.4 Å². The van der Waals surface area contributed by atoms with Crippen LogP contribution in [-0.4, -0.2) is 32.5 Å². The van der Waals surface area contributed by atoms with Crippen molar-refractivity contribution in [2.75, 3.05) is 18.8 Å². The molecule has 0 radical (unpaired) electrons. The number of nitrogens with one attached hydrogen (secondary N) is 1. The molecule has 3 nitrogen and oxygen atoms in total. The van der Waals surface area contributed by atoms with Gasteiger partial charge in [-0.15, -0.1) is 0 Å². The van der Waals surface area contributed by atoms with E-state index in [2.05, 4.69) is 5.32 Å². The van der Waals surface area contributed by atoms with Crippen LogP contribution in [0.3, 0.4) is 0 Å². The maximum Gasteiger partial charge on any atom is 0.155 e. The molecule has 1 N–H and O–H groups in total. The predicted octanol–water partition coefficient (Wildman–Crippen LogP) is 1.27. The second-order valence-corrected chi connectivity index (χ2v) is 6.86. The molecule has 0 spiro atoms. The highest BCUT2D eigenvalue weighted by atomic mass is 35.5. The van der Waals surface area contributed by atoms with Crippen LogP contribution < -0.4 is 5.32 Å². The lowest BCUT2D eigenvalue weighted by Crippen LogP contribution is -2.44. The van der Waals surface area contributed by atoms with E-state index >= 15 is 0 Å². The standard InChI is InChI=1S/C11H14ClNO2S/c12-10-3-1-9(2-4-10)7-11-8-13-5-6-16(11,14)15/h1-4,11,13H,5-8H2. The molecule has 5 heteroatoms. The average molecular weight is 260 g/mol. The third-order valence-corrected chi connectivity index (χ3v) is 5.19. The lowest BCUT2D eigenvalue weighted by molar-refractivity contribution is 0.544. The molecule has 0 amide bonds. The fourth-order valence-electron chi connectivity index (χ4n) is 1.85. The van der Waals surface area contributed by atoms with E-state index < -0.39 is 9.84 Å². The lowest BCUT2D eigenvalue weighted by atomic mass is 10.1. The van der Waals surface area contributed by atoms with Gasteiger partial charge in [-0.05, 0) is 24.1 Å². The molecule has 1 heterocycles.